The van der Waals surface area contributed by atoms with E-state index in [-0.39, 0.29) is 42.2 Å². The minimum absolute atomic E-state index is 0.0365. The van der Waals surface area contributed by atoms with Crippen molar-refractivity contribution < 1.29 is 33.4 Å². The Labute approximate surface area is 192 Å². The lowest BCUT2D eigenvalue weighted by Gasteiger charge is -2.24. The summed E-state index contributed by atoms with van der Waals surface area (Å²) in [6.45, 7) is 6.78. The second kappa shape index (κ2) is 12.5. The van der Waals surface area contributed by atoms with Gasteiger partial charge in [-0.2, -0.15) is 0 Å². The van der Waals surface area contributed by atoms with Crippen molar-refractivity contribution in [2.45, 2.75) is 77.4 Å². The van der Waals surface area contributed by atoms with Crippen LogP contribution in [-0.2, 0) is 14.3 Å². The monoisotopic (exact) mass is 474 g/mol. The summed E-state index contributed by atoms with van der Waals surface area (Å²) in [7, 11) is 0. The molecule has 2 amide bonds. The molecule has 0 aliphatic heterocycles. The highest BCUT2D eigenvalue weighted by Crippen LogP contribution is 2.33. The number of nitrogens with one attached hydrogen (secondary N) is 1. The normalized spacial score (nSPS) is 13.2. The molecule has 0 saturated heterocycles. The van der Waals surface area contributed by atoms with Gasteiger partial charge in [-0.05, 0) is 39.7 Å². The van der Waals surface area contributed by atoms with Crippen LogP contribution in [0.1, 0.15) is 71.3 Å². The molecule has 1 aromatic carbocycles. The molecule has 8 nitrogen and oxygen atoms in total. The first-order valence-corrected chi connectivity index (χ1v) is 10.8. The number of amides is 2. The van der Waals surface area contributed by atoms with Crippen LogP contribution >= 0.6 is 11.6 Å². The highest BCUT2D eigenvalue weighted by Gasteiger charge is 2.26. The minimum atomic E-state index is -1.16. The Morgan fingerprint density at radius 2 is 1.91 bits per heavy atom. The standard InChI is InChI=1S/C22H32ClFN2O6/c1-5-6-7-15(20(28)29)16-10-13(23)11-17(19(16)24)31-12-14(8-9-18(25)27)26-21(30)32-22(2,3)4/h10-11,14-15H,5-9,12H2,1-4H3,(H2,25,27)(H,26,30)(H,28,29)/t14-,15?/m0/s1. The van der Waals surface area contributed by atoms with Crippen molar-refractivity contribution in [3.8, 4) is 5.75 Å². The SMILES string of the molecule is CCCCC(C(=O)O)c1cc(Cl)cc(OC[C@H](CCC(N)=O)NC(=O)OC(C)(C)C)c1F. The average molecular weight is 475 g/mol. The number of hydrogen-bond acceptors (Lipinski definition) is 5. The third-order valence-corrected chi connectivity index (χ3v) is 4.67. The summed E-state index contributed by atoms with van der Waals surface area (Å²) < 4.78 is 25.9. The molecule has 0 bridgehead atoms. The van der Waals surface area contributed by atoms with Crippen LogP contribution in [0.15, 0.2) is 12.1 Å². The number of nitrogens with two attached hydrogens (primary N) is 1. The number of benzene rings is 1. The van der Waals surface area contributed by atoms with E-state index >= 15 is 4.39 Å². The van der Waals surface area contributed by atoms with E-state index in [0.29, 0.717) is 6.42 Å². The van der Waals surface area contributed by atoms with Crippen molar-refractivity contribution in [3.05, 3.63) is 28.5 Å². The zero-order chi connectivity index (χ0) is 24.5. The number of carboxylic acids is 1. The topological polar surface area (TPSA) is 128 Å². The Balaban J connectivity index is 3.05. The number of alkyl carbamates (subject to hydrolysis) is 1. The maximum Gasteiger partial charge on any atom is 0.407 e. The predicted molar refractivity (Wildman–Crippen MR) is 118 cm³/mol. The van der Waals surface area contributed by atoms with E-state index in [1.807, 2.05) is 6.92 Å². The van der Waals surface area contributed by atoms with E-state index in [1.165, 1.54) is 12.1 Å². The Bertz CT molecular complexity index is 812. The molecule has 1 unspecified atom stereocenters. The molecule has 0 aliphatic carbocycles. The molecule has 0 aliphatic rings. The molecular weight excluding hydrogens is 443 g/mol. The summed E-state index contributed by atoms with van der Waals surface area (Å²) in [6, 6.07) is 1.80. The first-order valence-electron chi connectivity index (χ1n) is 10.5. The van der Waals surface area contributed by atoms with Gasteiger partial charge in [0.15, 0.2) is 11.6 Å². The van der Waals surface area contributed by atoms with Gasteiger partial charge in [0.25, 0.3) is 0 Å². The molecule has 0 fully saturated rings. The van der Waals surface area contributed by atoms with Crippen molar-refractivity contribution in [3.63, 3.8) is 0 Å². The summed E-state index contributed by atoms with van der Waals surface area (Å²) in [5.41, 5.74) is 4.38. The number of ether oxygens (including phenoxy) is 2. The van der Waals surface area contributed by atoms with Gasteiger partial charge in [-0.3, -0.25) is 9.59 Å². The molecule has 1 aromatic rings. The van der Waals surface area contributed by atoms with Gasteiger partial charge in [0.1, 0.15) is 12.2 Å². The van der Waals surface area contributed by atoms with Crippen LogP contribution in [0.5, 0.6) is 5.75 Å². The number of aliphatic carboxylic acids is 1. The Hall–Kier alpha value is -2.55. The van der Waals surface area contributed by atoms with Crippen LogP contribution in [0.3, 0.4) is 0 Å². The molecule has 0 aromatic heterocycles. The fourth-order valence-electron chi connectivity index (χ4n) is 2.94. The van der Waals surface area contributed by atoms with Gasteiger partial charge >= 0.3 is 12.1 Å². The quantitative estimate of drug-likeness (QED) is 0.412. The summed E-state index contributed by atoms with van der Waals surface area (Å²) >= 11 is 6.09. The van der Waals surface area contributed by atoms with Gasteiger partial charge in [-0.15, -0.1) is 0 Å². The highest BCUT2D eigenvalue weighted by atomic mass is 35.5. The van der Waals surface area contributed by atoms with E-state index in [9.17, 15) is 19.5 Å². The van der Waals surface area contributed by atoms with Crippen molar-refractivity contribution in [2.24, 2.45) is 5.73 Å². The minimum Gasteiger partial charge on any atom is -0.488 e. The average Bonchev–Trinajstić information content (AvgIpc) is 2.65. The van der Waals surface area contributed by atoms with Gasteiger partial charge in [0.2, 0.25) is 5.91 Å². The Morgan fingerprint density at radius 1 is 1.25 bits per heavy atom. The molecular formula is C22H32ClFN2O6. The molecule has 0 heterocycles. The number of carbonyl (C=O) groups excluding carboxylic acids is 2. The van der Waals surface area contributed by atoms with Crippen LogP contribution in [0.4, 0.5) is 9.18 Å². The van der Waals surface area contributed by atoms with Gasteiger partial charge < -0.3 is 25.6 Å². The van der Waals surface area contributed by atoms with Gasteiger partial charge in [0, 0.05) is 23.1 Å². The zero-order valence-corrected chi connectivity index (χ0v) is 19.6. The summed E-state index contributed by atoms with van der Waals surface area (Å²) in [4.78, 5) is 34.9. The summed E-state index contributed by atoms with van der Waals surface area (Å²) in [5.74, 6) is -3.87. The highest BCUT2D eigenvalue weighted by molar-refractivity contribution is 6.30. The fourth-order valence-corrected chi connectivity index (χ4v) is 3.16. The maximum atomic E-state index is 15.1. The first-order chi connectivity index (χ1) is 14.8. The third-order valence-electron chi connectivity index (χ3n) is 4.45. The fraction of sp³-hybridized carbons (Fsp3) is 0.591. The van der Waals surface area contributed by atoms with E-state index in [1.54, 1.807) is 20.8 Å². The Kier molecular flexibility index (Phi) is 10.7. The number of carboxylic acid groups (broad SMARTS) is 1. The van der Waals surface area contributed by atoms with Crippen molar-refractivity contribution in [2.75, 3.05) is 6.61 Å². The lowest BCUT2D eigenvalue weighted by Crippen LogP contribution is -2.42. The van der Waals surface area contributed by atoms with Crippen LogP contribution < -0.4 is 15.8 Å². The predicted octanol–water partition coefficient (Wildman–Crippen LogP) is 4.38. The lowest BCUT2D eigenvalue weighted by molar-refractivity contribution is -0.139. The number of hydrogen-bond donors (Lipinski definition) is 3. The smallest absolute Gasteiger partial charge is 0.407 e. The van der Waals surface area contributed by atoms with E-state index < -0.39 is 41.3 Å². The van der Waals surface area contributed by atoms with Gasteiger partial charge in [-0.1, -0.05) is 31.4 Å². The molecule has 180 valence electrons. The number of rotatable bonds is 12. The lowest BCUT2D eigenvalue weighted by atomic mass is 9.93. The van der Waals surface area contributed by atoms with E-state index in [2.05, 4.69) is 5.32 Å². The molecule has 2 atom stereocenters. The van der Waals surface area contributed by atoms with Crippen LogP contribution in [0.25, 0.3) is 0 Å². The molecule has 0 spiro atoms. The second-order valence-electron chi connectivity index (χ2n) is 8.50. The summed E-state index contributed by atoms with van der Waals surface area (Å²) in [5, 5.41) is 12.2. The third kappa shape index (κ3) is 9.72. The number of unbranched alkanes of at least 4 members (excludes halogenated alkanes) is 1. The van der Waals surface area contributed by atoms with E-state index in [4.69, 9.17) is 26.8 Å². The number of carbonyl (C=O) groups is 3. The molecule has 0 saturated carbocycles. The summed E-state index contributed by atoms with van der Waals surface area (Å²) in [6.07, 6.45) is 0.988. The van der Waals surface area contributed by atoms with E-state index in [0.717, 1.165) is 6.42 Å². The van der Waals surface area contributed by atoms with Gasteiger partial charge in [-0.25, -0.2) is 9.18 Å². The van der Waals surface area contributed by atoms with Crippen LogP contribution in [-0.4, -0.2) is 41.3 Å². The van der Waals surface area contributed by atoms with Crippen molar-refractivity contribution in [1.82, 2.24) is 5.32 Å². The van der Waals surface area contributed by atoms with Crippen LogP contribution in [0, 0.1) is 5.82 Å². The van der Waals surface area contributed by atoms with Crippen LogP contribution in [0.2, 0.25) is 5.02 Å². The Morgan fingerprint density at radius 3 is 2.44 bits per heavy atom. The molecule has 1 rings (SSSR count). The number of halogens is 2. The second-order valence-corrected chi connectivity index (χ2v) is 8.94. The molecule has 32 heavy (non-hydrogen) atoms. The maximum absolute atomic E-state index is 15.1. The molecule has 10 heteroatoms. The zero-order valence-electron chi connectivity index (χ0n) is 18.9. The first kappa shape index (κ1) is 27.5. The molecule has 0 radical (unpaired) electrons. The van der Waals surface area contributed by atoms with Crippen molar-refractivity contribution in [1.29, 1.82) is 0 Å². The largest absolute Gasteiger partial charge is 0.488 e. The number of primary amides is 1. The van der Waals surface area contributed by atoms with Crippen molar-refractivity contribution >= 4 is 29.6 Å². The molecule has 4 N–H and O–H groups in total. The van der Waals surface area contributed by atoms with Gasteiger partial charge in [0.05, 0.1) is 12.0 Å².